The normalized spacial score (nSPS) is 11.0. The summed E-state index contributed by atoms with van der Waals surface area (Å²) in [7, 11) is 0. The molecule has 0 aliphatic rings. The molecule has 25 heavy (non-hydrogen) atoms. The average molecular weight is 339 g/mol. The number of nitrogens with one attached hydrogen (secondary N) is 2. The molecule has 2 N–H and O–H groups in total. The maximum Gasteiger partial charge on any atom is 0.272 e. The molecule has 0 spiro atoms. The standard InChI is InChI=1S/C17H21N7O/c1-11(2)16-18-4-5-24(16)10-13-6-15(23-22-13)17(25)21-9-14-8-19-12(3)7-20-14/h4-8,11H,9-10H2,1-3H3,(H,21,25)(H,22,23). The summed E-state index contributed by atoms with van der Waals surface area (Å²) in [5.74, 6) is 1.08. The fraction of sp³-hybridized carbons (Fsp3) is 0.353. The average Bonchev–Trinajstić information content (AvgIpc) is 3.24. The van der Waals surface area contributed by atoms with E-state index in [0.717, 1.165) is 17.2 Å². The van der Waals surface area contributed by atoms with Gasteiger partial charge in [-0.25, -0.2) is 4.98 Å². The molecule has 3 aromatic rings. The van der Waals surface area contributed by atoms with Gasteiger partial charge in [-0.3, -0.25) is 19.9 Å². The summed E-state index contributed by atoms with van der Waals surface area (Å²) in [6.07, 6.45) is 7.03. The fourth-order valence-electron chi connectivity index (χ4n) is 2.47. The molecule has 3 heterocycles. The summed E-state index contributed by atoms with van der Waals surface area (Å²) in [5.41, 5.74) is 2.74. The van der Waals surface area contributed by atoms with Crippen LogP contribution >= 0.6 is 0 Å². The summed E-state index contributed by atoms with van der Waals surface area (Å²) in [6.45, 7) is 6.97. The van der Waals surface area contributed by atoms with Crippen LogP contribution < -0.4 is 5.32 Å². The molecule has 0 fully saturated rings. The van der Waals surface area contributed by atoms with Gasteiger partial charge in [0.05, 0.1) is 36.4 Å². The topological polar surface area (TPSA) is 101 Å². The summed E-state index contributed by atoms with van der Waals surface area (Å²) in [6, 6.07) is 1.75. The van der Waals surface area contributed by atoms with Crippen LogP contribution in [0.25, 0.3) is 0 Å². The zero-order valence-electron chi connectivity index (χ0n) is 14.5. The van der Waals surface area contributed by atoms with Crippen LogP contribution in [-0.4, -0.2) is 35.6 Å². The van der Waals surface area contributed by atoms with E-state index in [0.29, 0.717) is 30.4 Å². The Hall–Kier alpha value is -3.03. The summed E-state index contributed by atoms with van der Waals surface area (Å²) in [5, 5.41) is 9.79. The van der Waals surface area contributed by atoms with Gasteiger partial charge in [-0.2, -0.15) is 5.10 Å². The van der Waals surface area contributed by atoms with E-state index in [9.17, 15) is 4.79 Å². The first kappa shape index (κ1) is 16.8. The number of aromatic amines is 1. The quantitative estimate of drug-likeness (QED) is 0.713. The smallest absolute Gasteiger partial charge is 0.272 e. The largest absolute Gasteiger partial charge is 0.345 e. The molecule has 0 aromatic carbocycles. The van der Waals surface area contributed by atoms with Gasteiger partial charge in [-0.15, -0.1) is 0 Å². The molecule has 0 aliphatic heterocycles. The molecule has 0 saturated carbocycles. The number of hydrogen-bond donors (Lipinski definition) is 2. The zero-order chi connectivity index (χ0) is 17.8. The molecular weight excluding hydrogens is 318 g/mol. The van der Waals surface area contributed by atoms with Crippen molar-refractivity contribution in [1.29, 1.82) is 0 Å². The highest BCUT2D eigenvalue weighted by Crippen LogP contribution is 2.13. The van der Waals surface area contributed by atoms with E-state index in [-0.39, 0.29) is 5.91 Å². The first-order valence-corrected chi connectivity index (χ1v) is 8.14. The minimum atomic E-state index is -0.250. The fourth-order valence-corrected chi connectivity index (χ4v) is 2.47. The van der Waals surface area contributed by atoms with E-state index in [1.54, 1.807) is 24.7 Å². The van der Waals surface area contributed by atoms with E-state index >= 15 is 0 Å². The number of H-pyrrole nitrogens is 1. The lowest BCUT2D eigenvalue weighted by Gasteiger charge is -2.08. The predicted molar refractivity (Wildman–Crippen MR) is 91.9 cm³/mol. The third kappa shape index (κ3) is 4.09. The summed E-state index contributed by atoms with van der Waals surface area (Å²) >= 11 is 0. The monoisotopic (exact) mass is 339 g/mol. The van der Waals surface area contributed by atoms with Crippen molar-refractivity contribution in [3.8, 4) is 0 Å². The van der Waals surface area contributed by atoms with Crippen molar-refractivity contribution in [3.63, 3.8) is 0 Å². The zero-order valence-corrected chi connectivity index (χ0v) is 14.5. The highest BCUT2D eigenvalue weighted by atomic mass is 16.1. The van der Waals surface area contributed by atoms with Crippen molar-refractivity contribution < 1.29 is 4.79 Å². The number of aromatic nitrogens is 6. The predicted octanol–water partition coefficient (Wildman–Crippen LogP) is 1.81. The van der Waals surface area contributed by atoms with Crippen LogP contribution in [0.2, 0.25) is 0 Å². The van der Waals surface area contributed by atoms with Crippen LogP contribution in [0.3, 0.4) is 0 Å². The molecule has 0 radical (unpaired) electrons. The number of rotatable bonds is 6. The van der Waals surface area contributed by atoms with Crippen LogP contribution in [0.1, 0.15) is 53.2 Å². The number of hydrogen-bond acceptors (Lipinski definition) is 5. The van der Waals surface area contributed by atoms with Gasteiger partial charge in [0.1, 0.15) is 11.5 Å². The number of amides is 1. The number of imidazole rings is 1. The second-order valence-electron chi connectivity index (χ2n) is 6.18. The lowest BCUT2D eigenvalue weighted by Crippen LogP contribution is -2.23. The molecule has 0 unspecified atom stereocenters. The van der Waals surface area contributed by atoms with Crippen molar-refractivity contribution in [1.82, 2.24) is 35.0 Å². The minimum Gasteiger partial charge on any atom is -0.345 e. The van der Waals surface area contributed by atoms with E-state index in [1.165, 1.54) is 0 Å². The van der Waals surface area contributed by atoms with Crippen LogP contribution in [-0.2, 0) is 13.1 Å². The first-order valence-electron chi connectivity index (χ1n) is 8.14. The lowest BCUT2D eigenvalue weighted by molar-refractivity contribution is 0.0945. The molecule has 3 rings (SSSR count). The van der Waals surface area contributed by atoms with Gasteiger partial charge >= 0.3 is 0 Å². The van der Waals surface area contributed by atoms with E-state index in [1.807, 2.05) is 17.7 Å². The SMILES string of the molecule is Cc1cnc(CNC(=O)c2cc(Cn3ccnc3C(C)C)[nH]n2)cn1. The van der Waals surface area contributed by atoms with E-state index in [4.69, 9.17) is 0 Å². The Bertz CT molecular complexity index is 848. The maximum absolute atomic E-state index is 12.2. The van der Waals surface area contributed by atoms with Gasteiger partial charge in [0, 0.05) is 24.5 Å². The third-order valence-corrected chi connectivity index (χ3v) is 3.73. The Morgan fingerprint density at radius 3 is 2.84 bits per heavy atom. The highest BCUT2D eigenvalue weighted by molar-refractivity contribution is 5.92. The Morgan fingerprint density at radius 1 is 1.28 bits per heavy atom. The van der Waals surface area contributed by atoms with Gasteiger partial charge in [-0.05, 0) is 13.0 Å². The molecule has 1 amide bonds. The van der Waals surface area contributed by atoms with Crippen molar-refractivity contribution in [2.75, 3.05) is 0 Å². The molecule has 0 saturated heterocycles. The van der Waals surface area contributed by atoms with Crippen LogP contribution in [0.5, 0.6) is 0 Å². The van der Waals surface area contributed by atoms with Crippen molar-refractivity contribution in [3.05, 3.63) is 59.5 Å². The molecule has 0 atom stereocenters. The van der Waals surface area contributed by atoms with Crippen LogP contribution in [0.4, 0.5) is 0 Å². The summed E-state index contributed by atoms with van der Waals surface area (Å²) in [4.78, 5) is 24.9. The molecule has 0 aliphatic carbocycles. The number of carbonyl (C=O) groups excluding carboxylic acids is 1. The number of carbonyl (C=O) groups is 1. The van der Waals surface area contributed by atoms with E-state index < -0.39 is 0 Å². The minimum absolute atomic E-state index is 0.250. The van der Waals surface area contributed by atoms with Crippen LogP contribution in [0.15, 0.2) is 30.9 Å². The van der Waals surface area contributed by atoms with Gasteiger partial charge in [0.15, 0.2) is 0 Å². The molecule has 8 heteroatoms. The molecule has 0 bridgehead atoms. The van der Waals surface area contributed by atoms with Crippen molar-refractivity contribution in [2.45, 2.75) is 39.8 Å². The second-order valence-corrected chi connectivity index (χ2v) is 6.18. The molecular formula is C17H21N7O. The Kier molecular flexibility index (Phi) is 4.87. The highest BCUT2D eigenvalue weighted by Gasteiger charge is 2.13. The molecule has 8 nitrogen and oxygen atoms in total. The summed E-state index contributed by atoms with van der Waals surface area (Å²) < 4.78 is 2.04. The Labute approximate surface area is 145 Å². The number of aryl methyl sites for hydroxylation is 1. The third-order valence-electron chi connectivity index (χ3n) is 3.73. The molecule has 3 aromatic heterocycles. The first-order chi connectivity index (χ1) is 12.0. The number of nitrogens with zero attached hydrogens (tertiary/aromatic N) is 5. The van der Waals surface area contributed by atoms with E-state index in [2.05, 4.69) is 44.3 Å². The Morgan fingerprint density at radius 2 is 2.12 bits per heavy atom. The van der Waals surface area contributed by atoms with Gasteiger partial charge < -0.3 is 9.88 Å². The van der Waals surface area contributed by atoms with Crippen molar-refractivity contribution >= 4 is 5.91 Å². The van der Waals surface area contributed by atoms with Gasteiger partial charge in [-0.1, -0.05) is 13.8 Å². The van der Waals surface area contributed by atoms with Gasteiger partial charge in [0.25, 0.3) is 5.91 Å². The van der Waals surface area contributed by atoms with Crippen LogP contribution in [0, 0.1) is 6.92 Å². The second kappa shape index (κ2) is 7.25. The van der Waals surface area contributed by atoms with Gasteiger partial charge in [0.2, 0.25) is 0 Å². The maximum atomic E-state index is 12.2. The lowest BCUT2D eigenvalue weighted by atomic mass is 10.2. The Balaban J connectivity index is 1.61. The molecule has 130 valence electrons. The van der Waals surface area contributed by atoms with Crippen molar-refractivity contribution in [2.24, 2.45) is 0 Å².